The van der Waals surface area contributed by atoms with Crippen molar-refractivity contribution in [2.24, 2.45) is 0 Å². The SMILES string of the molecule is CSC(C(=O)c1ccc(Br)cc1)c1scc(C)c1C. The number of thioether (sulfide) groups is 1. The van der Waals surface area contributed by atoms with Crippen LogP contribution in [0.2, 0.25) is 0 Å². The van der Waals surface area contributed by atoms with Gasteiger partial charge in [0.15, 0.2) is 5.78 Å². The lowest BCUT2D eigenvalue weighted by atomic mass is 10.0. The van der Waals surface area contributed by atoms with E-state index >= 15 is 0 Å². The zero-order valence-corrected chi connectivity index (χ0v) is 14.3. The summed E-state index contributed by atoms with van der Waals surface area (Å²) in [7, 11) is 0. The topological polar surface area (TPSA) is 17.1 Å². The fraction of sp³-hybridized carbons (Fsp3) is 0.267. The molecule has 0 amide bonds. The average molecular weight is 355 g/mol. The van der Waals surface area contributed by atoms with Gasteiger partial charge in [0, 0.05) is 14.9 Å². The Bertz CT molecular complexity index is 587. The number of halogens is 1. The Labute approximate surface area is 130 Å². The number of thiophene rings is 1. The highest BCUT2D eigenvalue weighted by Gasteiger charge is 2.24. The molecule has 0 bridgehead atoms. The molecule has 19 heavy (non-hydrogen) atoms. The predicted molar refractivity (Wildman–Crippen MR) is 88.5 cm³/mol. The van der Waals surface area contributed by atoms with E-state index in [2.05, 4.69) is 35.2 Å². The van der Waals surface area contributed by atoms with Gasteiger partial charge in [0.1, 0.15) is 5.25 Å². The second kappa shape index (κ2) is 6.25. The quantitative estimate of drug-likeness (QED) is 0.682. The first kappa shape index (κ1) is 14.8. The molecule has 1 heterocycles. The van der Waals surface area contributed by atoms with Crippen LogP contribution in [0.15, 0.2) is 34.1 Å². The van der Waals surface area contributed by atoms with Crippen LogP contribution in [0, 0.1) is 13.8 Å². The lowest BCUT2D eigenvalue weighted by molar-refractivity contribution is 0.0990. The fourth-order valence-corrected chi connectivity index (χ4v) is 4.39. The van der Waals surface area contributed by atoms with Gasteiger partial charge in [0.25, 0.3) is 0 Å². The van der Waals surface area contributed by atoms with Gasteiger partial charge in [-0.05, 0) is 48.7 Å². The van der Waals surface area contributed by atoms with Crippen LogP contribution in [0.3, 0.4) is 0 Å². The first-order valence-electron chi connectivity index (χ1n) is 5.91. The molecule has 2 rings (SSSR count). The van der Waals surface area contributed by atoms with E-state index in [1.54, 1.807) is 23.1 Å². The van der Waals surface area contributed by atoms with Crippen LogP contribution in [-0.2, 0) is 0 Å². The zero-order chi connectivity index (χ0) is 14.0. The van der Waals surface area contributed by atoms with E-state index in [9.17, 15) is 4.79 Å². The van der Waals surface area contributed by atoms with Gasteiger partial charge in [-0.2, -0.15) is 0 Å². The molecule has 2 aromatic rings. The number of Topliss-reactive ketones (excluding diaryl/α,β-unsaturated/α-hetero) is 1. The summed E-state index contributed by atoms with van der Waals surface area (Å²) in [6.45, 7) is 4.19. The molecule has 1 aromatic carbocycles. The molecule has 0 saturated carbocycles. The van der Waals surface area contributed by atoms with Crippen LogP contribution >= 0.6 is 39.0 Å². The van der Waals surface area contributed by atoms with E-state index < -0.39 is 0 Å². The molecule has 1 nitrogen and oxygen atoms in total. The van der Waals surface area contributed by atoms with Gasteiger partial charge in [-0.25, -0.2) is 0 Å². The average Bonchev–Trinajstić information content (AvgIpc) is 2.73. The molecule has 0 aliphatic carbocycles. The van der Waals surface area contributed by atoms with E-state index in [1.165, 1.54) is 16.0 Å². The molecule has 0 aliphatic rings. The number of benzene rings is 1. The monoisotopic (exact) mass is 354 g/mol. The van der Waals surface area contributed by atoms with E-state index in [-0.39, 0.29) is 11.0 Å². The second-order valence-corrected chi connectivity index (χ2v) is 7.16. The first-order valence-corrected chi connectivity index (χ1v) is 8.87. The number of ketones is 1. The van der Waals surface area contributed by atoms with Crippen molar-refractivity contribution in [3.8, 4) is 0 Å². The van der Waals surface area contributed by atoms with Crippen molar-refractivity contribution in [3.63, 3.8) is 0 Å². The van der Waals surface area contributed by atoms with E-state index in [4.69, 9.17) is 0 Å². The smallest absolute Gasteiger partial charge is 0.181 e. The maximum absolute atomic E-state index is 12.6. The summed E-state index contributed by atoms with van der Waals surface area (Å²) >= 11 is 6.68. The van der Waals surface area contributed by atoms with E-state index in [0.29, 0.717) is 0 Å². The molecule has 1 unspecified atom stereocenters. The predicted octanol–water partition coefficient (Wildman–Crippen LogP) is 5.41. The number of carbonyl (C=O) groups is 1. The molecular formula is C15H15BrOS2. The molecule has 0 aliphatic heterocycles. The number of hydrogen-bond acceptors (Lipinski definition) is 3. The minimum atomic E-state index is -0.0973. The lowest BCUT2D eigenvalue weighted by Gasteiger charge is -2.13. The molecule has 0 fully saturated rings. The van der Waals surface area contributed by atoms with Crippen molar-refractivity contribution in [1.29, 1.82) is 0 Å². The van der Waals surface area contributed by atoms with Crippen molar-refractivity contribution in [3.05, 3.63) is 55.7 Å². The summed E-state index contributed by atoms with van der Waals surface area (Å²) in [5, 5.41) is 2.03. The van der Waals surface area contributed by atoms with Gasteiger partial charge < -0.3 is 0 Å². The van der Waals surface area contributed by atoms with Crippen molar-refractivity contribution < 1.29 is 4.79 Å². The Balaban J connectivity index is 2.34. The van der Waals surface area contributed by atoms with Crippen molar-refractivity contribution in [2.75, 3.05) is 6.26 Å². The minimum absolute atomic E-state index is 0.0973. The van der Waals surface area contributed by atoms with Gasteiger partial charge in [-0.1, -0.05) is 28.1 Å². The molecule has 0 spiro atoms. The Morgan fingerprint density at radius 1 is 1.26 bits per heavy atom. The van der Waals surface area contributed by atoms with Crippen LogP contribution in [0.25, 0.3) is 0 Å². The van der Waals surface area contributed by atoms with Gasteiger partial charge in [-0.3, -0.25) is 4.79 Å². The number of hydrogen-bond donors (Lipinski definition) is 0. The Morgan fingerprint density at radius 2 is 1.89 bits per heavy atom. The summed E-state index contributed by atoms with van der Waals surface area (Å²) in [5.74, 6) is 0.185. The van der Waals surface area contributed by atoms with Crippen LogP contribution in [0.1, 0.15) is 31.6 Å². The molecule has 100 valence electrons. The summed E-state index contributed by atoms with van der Waals surface area (Å²) in [5.41, 5.74) is 3.28. The van der Waals surface area contributed by atoms with Crippen LogP contribution in [-0.4, -0.2) is 12.0 Å². The van der Waals surface area contributed by atoms with Crippen molar-refractivity contribution >= 4 is 44.8 Å². The summed E-state index contributed by atoms with van der Waals surface area (Å²) in [6.07, 6.45) is 2.00. The standard InChI is InChI=1S/C15H15BrOS2/c1-9-8-19-14(10(9)2)15(18-3)13(17)11-4-6-12(16)7-5-11/h4-8,15H,1-3H3. The third kappa shape index (κ3) is 3.12. The largest absolute Gasteiger partial charge is 0.293 e. The Kier molecular flexibility index (Phi) is 4.87. The summed E-state index contributed by atoms with van der Waals surface area (Å²) in [6, 6.07) is 7.59. The number of rotatable bonds is 4. The molecular weight excluding hydrogens is 340 g/mol. The summed E-state index contributed by atoms with van der Waals surface area (Å²) < 4.78 is 0.993. The van der Waals surface area contributed by atoms with Crippen LogP contribution < -0.4 is 0 Å². The second-order valence-electron chi connectivity index (χ2n) is 4.39. The van der Waals surface area contributed by atoms with Gasteiger partial charge in [0.05, 0.1) is 0 Å². The van der Waals surface area contributed by atoms with Crippen molar-refractivity contribution in [2.45, 2.75) is 19.1 Å². The van der Waals surface area contributed by atoms with Gasteiger partial charge in [0.2, 0.25) is 0 Å². The molecule has 1 atom stereocenters. The number of aryl methyl sites for hydroxylation is 1. The third-order valence-electron chi connectivity index (χ3n) is 3.16. The van der Waals surface area contributed by atoms with E-state index in [0.717, 1.165) is 10.0 Å². The highest BCUT2D eigenvalue weighted by Crippen LogP contribution is 2.37. The highest BCUT2D eigenvalue weighted by atomic mass is 79.9. The highest BCUT2D eigenvalue weighted by molar-refractivity contribution is 9.10. The van der Waals surface area contributed by atoms with Crippen LogP contribution in [0.5, 0.6) is 0 Å². The maximum Gasteiger partial charge on any atom is 0.181 e. The third-order valence-corrected chi connectivity index (χ3v) is 6.03. The first-order chi connectivity index (χ1) is 9.04. The molecule has 0 radical (unpaired) electrons. The maximum atomic E-state index is 12.6. The zero-order valence-electron chi connectivity index (χ0n) is 11.1. The van der Waals surface area contributed by atoms with Crippen LogP contribution in [0.4, 0.5) is 0 Å². The van der Waals surface area contributed by atoms with E-state index in [1.807, 2.05) is 30.5 Å². The van der Waals surface area contributed by atoms with Crippen molar-refractivity contribution in [1.82, 2.24) is 0 Å². The van der Waals surface area contributed by atoms with Gasteiger partial charge in [-0.15, -0.1) is 23.1 Å². The fourth-order valence-electron chi connectivity index (χ4n) is 1.88. The molecule has 0 N–H and O–H groups in total. The summed E-state index contributed by atoms with van der Waals surface area (Å²) in [4.78, 5) is 13.8. The Hall–Kier alpha value is -0.580. The number of carbonyl (C=O) groups excluding carboxylic acids is 1. The normalized spacial score (nSPS) is 12.4. The lowest BCUT2D eigenvalue weighted by Crippen LogP contribution is -2.09. The van der Waals surface area contributed by atoms with Gasteiger partial charge >= 0.3 is 0 Å². The minimum Gasteiger partial charge on any atom is -0.293 e. The molecule has 1 aromatic heterocycles. The molecule has 4 heteroatoms. The Morgan fingerprint density at radius 3 is 2.37 bits per heavy atom. The molecule has 0 saturated heterocycles.